The van der Waals surface area contributed by atoms with E-state index in [2.05, 4.69) is 43.7 Å². The monoisotopic (exact) mass is 1310 g/mol. The fraction of sp³-hybridized carbons (Fsp3) is 0.468. The molecule has 6 rings (SSSR count). The lowest BCUT2D eigenvalue weighted by atomic mass is 9.78. The molecule has 488 valence electrons. The number of nitrogens with zero attached hydrogens (tertiary/aromatic N) is 7. The Morgan fingerprint density at radius 2 is 1.51 bits per heavy atom. The molecule has 2 unspecified atom stereocenters. The lowest BCUT2D eigenvalue weighted by Gasteiger charge is -2.30. The van der Waals surface area contributed by atoms with Crippen LogP contribution in [0.25, 0.3) is 40.7 Å². The Balaban J connectivity index is 0.882. The van der Waals surface area contributed by atoms with Crippen LogP contribution in [-0.4, -0.2) is 199 Å². The van der Waals surface area contributed by atoms with Crippen LogP contribution in [0.2, 0.25) is 0 Å². The summed E-state index contributed by atoms with van der Waals surface area (Å²) in [5.41, 5.74) is 2.26. The molecule has 1 aliphatic heterocycles. The largest absolute Gasteiger partial charge is 0.507 e. The number of aliphatic carboxylic acids is 1. The van der Waals surface area contributed by atoms with Crippen LogP contribution in [0.5, 0.6) is 17.2 Å². The van der Waals surface area contributed by atoms with E-state index in [0.29, 0.717) is 66.1 Å². The number of thiazole rings is 1. The molecule has 6 N–H and O–H groups in total. The van der Waals surface area contributed by atoms with Crippen molar-refractivity contribution in [1.29, 1.82) is 0 Å². The van der Waals surface area contributed by atoms with Crippen molar-refractivity contribution in [3.8, 4) is 28.5 Å². The van der Waals surface area contributed by atoms with Crippen molar-refractivity contribution < 1.29 is 76.2 Å². The number of benzene rings is 3. The first-order valence-electron chi connectivity index (χ1n) is 29.1. The number of aliphatic hydroxyl groups is 1. The summed E-state index contributed by atoms with van der Waals surface area (Å²) >= 11 is 2.60. The number of thioether (sulfide) groups is 1. The molecule has 90 heavy (non-hydrogen) atoms. The van der Waals surface area contributed by atoms with Gasteiger partial charge in [0.2, 0.25) is 33.7 Å². The average molecular weight is 1310 g/mol. The zero-order valence-corrected chi connectivity index (χ0v) is 54.3. The number of aromatic hydroxyl groups is 2. The van der Waals surface area contributed by atoms with Crippen LogP contribution < -0.4 is 30.1 Å². The number of carboxylic acid groups (broad SMARTS) is 1. The van der Waals surface area contributed by atoms with Gasteiger partial charge in [0.05, 0.1) is 73.6 Å². The zero-order valence-electron chi connectivity index (χ0n) is 51.9. The van der Waals surface area contributed by atoms with Crippen molar-refractivity contribution >= 4 is 103 Å². The topological polar surface area (TPSA) is 322 Å². The van der Waals surface area contributed by atoms with Crippen LogP contribution in [-0.2, 0) is 48.8 Å². The van der Waals surface area contributed by atoms with Crippen molar-refractivity contribution in [1.82, 2.24) is 35.4 Å². The molecule has 24 nitrogen and oxygen atoms in total. The molecule has 4 amide bonds. The Morgan fingerprint density at radius 1 is 0.867 bits per heavy atom. The maximum Gasteiger partial charge on any atom is 0.415 e. The van der Waals surface area contributed by atoms with Gasteiger partial charge in [0.15, 0.2) is 6.04 Å². The number of carbonyl (C=O) groups excluding carboxylic acids is 4. The second-order valence-corrected chi connectivity index (χ2v) is 26.4. The summed E-state index contributed by atoms with van der Waals surface area (Å²) in [6.45, 7) is 18.3. The van der Waals surface area contributed by atoms with E-state index in [1.807, 2.05) is 13.8 Å². The van der Waals surface area contributed by atoms with Gasteiger partial charge >= 0.3 is 12.1 Å². The normalized spacial score (nSPS) is 13.8. The predicted octanol–water partition coefficient (Wildman–Crippen LogP) is 5.44. The molecule has 0 saturated carbocycles. The lowest BCUT2D eigenvalue weighted by molar-refractivity contribution is -0.138. The predicted molar refractivity (Wildman–Crippen MR) is 344 cm³/mol. The number of sulfonamides is 1. The third kappa shape index (κ3) is 20.2. The summed E-state index contributed by atoms with van der Waals surface area (Å²) in [6.07, 6.45) is 3.29. The SMILES string of the molecule is C=c1c(C)c(O)c(=C)c(C(C)(C)CC(=O)N(C)CCN(CCOCCOCCOCCC(=O)NCCNC(=O)CCCC(O)C=Cc2c(-c3ccc(F)cc3)nc(N(C)S(C)(=O)=O)nc2C(C)C)C(=O)Oc2ccc3nc(C4=NC(C(=O)O)CS4)sc3c2)c1O. The minimum Gasteiger partial charge on any atom is -0.507 e. The number of hydrogen-bond acceptors (Lipinski definition) is 20. The minimum absolute atomic E-state index is 0.0499. The van der Waals surface area contributed by atoms with Gasteiger partial charge in [-0.2, -0.15) is 0 Å². The third-order valence-electron chi connectivity index (χ3n) is 14.5. The number of rotatable bonds is 34. The Hall–Kier alpha value is -7.60. The number of carboxylic acids is 1. The van der Waals surface area contributed by atoms with E-state index in [4.69, 9.17) is 18.9 Å². The number of likely N-dealkylation sites (N-methyl/N-ethyl adjacent to an activating group) is 1. The average Bonchev–Trinajstić information content (AvgIpc) is 1.02. The Kier molecular flexibility index (Phi) is 26.2. The lowest BCUT2D eigenvalue weighted by Crippen LogP contribution is -2.43. The third-order valence-corrected chi connectivity index (χ3v) is 17.9. The maximum absolute atomic E-state index is 13.9. The number of aliphatic hydroxyl groups excluding tert-OH is 1. The molecule has 28 heteroatoms. The standard InChI is InChI=1S/C62H80FN9O15S3/c1-37(2)53-45(54(41-14-16-42(63)17-15-41)69-60(68-53)71(9)90(10,82)83)20-18-43(73)12-11-13-49(74)64-23-24-65-50(75)22-28-84-30-32-86-33-31-85-29-27-72(26-25-70(8)51(76)35-62(6,7)52-40(5)55(77)38(3)39(4)56(52)78)61(81)87-44-19-21-46-48(34-44)89-58(66-46)57-67-47(36-88-57)59(79)80/h14-21,34,37,43,47,73,77-78H,4-5,11-13,22-33,35-36H2,1-3,6-10H3,(H,64,74)(H,65,75)(H,79,80). The van der Waals surface area contributed by atoms with Gasteiger partial charge in [-0.3, -0.25) is 19.4 Å². The van der Waals surface area contributed by atoms with Gasteiger partial charge in [0.1, 0.15) is 33.1 Å². The molecule has 2 atom stereocenters. The highest BCUT2D eigenvalue weighted by atomic mass is 32.2. The van der Waals surface area contributed by atoms with Crippen LogP contribution in [0.1, 0.15) is 93.1 Å². The van der Waals surface area contributed by atoms with Gasteiger partial charge in [-0.05, 0) is 62.1 Å². The number of nitrogens with one attached hydrogen (secondary N) is 2. The molecule has 2 aromatic heterocycles. The number of anilines is 1. The highest BCUT2D eigenvalue weighted by molar-refractivity contribution is 8.15. The quantitative estimate of drug-likeness (QED) is 0.0220. The first-order chi connectivity index (χ1) is 42.6. The Morgan fingerprint density at radius 3 is 2.14 bits per heavy atom. The zero-order chi connectivity index (χ0) is 66.0. The molecule has 3 aromatic carbocycles. The van der Waals surface area contributed by atoms with Gasteiger partial charge in [0, 0.05) is 116 Å². The number of ether oxygens (including phenoxy) is 4. The molecule has 5 aromatic rings. The molecule has 1 aliphatic rings. The van der Waals surface area contributed by atoms with Crippen molar-refractivity contribution in [2.24, 2.45) is 4.99 Å². The number of halogens is 1. The van der Waals surface area contributed by atoms with E-state index in [9.17, 15) is 57.2 Å². The van der Waals surface area contributed by atoms with Gasteiger partial charge in [-0.1, -0.05) is 53.0 Å². The summed E-state index contributed by atoms with van der Waals surface area (Å²) in [4.78, 5) is 84.8. The Bertz CT molecular complexity index is 3660. The molecule has 0 saturated heterocycles. The fourth-order valence-corrected chi connectivity index (χ4v) is 11.7. The van der Waals surface area contributed by atoms with E-state index in [1.165, 1.54) is 64.2 Å². The van der Waals surface area contributed by atoms with E-state index >= 15 is 0 Å². The van der Waals surface area contributed by atoms with Gasteiger partial charge < -0.3 is 59.8 Å². The van der Waals surface area contributed by atoms with Gasteiger partial charge in [-0.25, -0.2) is 41.7 Å². The van der Waals surface area contributed by atoms with Crippen molar-refractivity contribution in [2.45, 2.75) is 90.2 Å². The molecule has 0 bridgehead atoms. The number of amides is 4. The molecule has 0 fully saturated rings. The van der Waals surface area contributed by atoms with Crippen LogP contribution in [0, 0.1) is 12.7 Å². The van der Waals surface area contributed by atoms with Crippen molar-refractivity contribution in [3.05, 3.63) is 92.2 Å². The molecule has 0 radical (unpaired) electrons. The first kappa shape index (κ1) is 71.5. The molecule has 0 spiro atoms. The number of carbonyl (C=O) groups is 5. The second-order valence-electron chi connectivity index (χ2n) is 22.3. The smallest absolute Gasteiger partial charge is 0.415 e. The highest BCUT2D eigenvalue weighted by Crippen LogP contribution is 2.35. The van der Waals surface area contributed by atoms with E-state index in [-0.39, 0.29) is 155 Å². The number of phenols is 2. The maximum atomic E-state index is 13.9. The van der Waals surface area contributed by atoms with Crippen LogP contribution in [0.3, 0.4) is 0 Å². The van der Waals surface area contributed by atoms with Gasteiger partial charge in [0.25, 0.3) is 0 Å². The van der Waals surface area contributed by atoms with Gasteiger partial charge in [-0.15, -0.1) is 23.1 Å². The van der Waals surface area contributed by atoms with E-state index < -0.39 is 45.5 Å². The van der Waals surface area contributed by atoms with Crippen LogP contribution >= 0.6 is 23.1 Å². The minimum atomic E-state index is -3.70. The van der Waals surface area contributed by atoms with E-state index in [0.717, 1.165) is 10.6 Å². The summed E-state index contributed by atoms with van der Waals surface area (Å²) < 4.78 is 63.1. The Labute approximate surface area is 531 Å². The van der Waals surface area contributed by atoms with E-state index in [1.54, 1.807) is 58.2 Å². The second kappa shape index (κ2) is 32.9. The summed E-state index contributed by atoms with van der Waals surface area (Å²) in [7, 11) is -0.767. The van der Waals surface area contributed by atoms with Crippen LogP contribution in [0.4, 0.5) is 15.1 Å². The number of fused-ring (bicyclic) bond motifs is 1. The van der Waals surface area contributed by atoms with Crippen molar-refractivity contribution in [3.63, 3.8) is 0 Å². The molecular formula is C62H80FN9O15S3. The van der Waals surface area contributed by atoms with Crippen molar-refractivity contribution in [2.75, 3.05) is 103 Å². The summed E-state index contributed by atoms with van der Waals surface area (Å²) in [5.74, 6) is -2.26. The molecule has 3 heterocycles. The number of hydrogen-bond donors (Lipinski definition) is 6. The summed E-state index contributed by atoms with van der Waals surface area (Å²) in [6, 6.07) is 9.69. The number of aromatic nitrogens is 3. The number of aliphatic imine (C=N–C) groups is 1. The summed E-state index contributed by atoms with van der Waals surface area (Å²) in [5, 5.41) is 49.0. The molecule has 0 aliphatic carbocycles. The highest BCUT2D eigenvalue weighted by Gasteiger charge is 2.32. The fourth-order valence-electron chi connectivity index (χ4n) is 9.26. The number of phenolic OH excluding ortho intramolecular Hbond substituents is 2. The first-order valence-corrected chi connectivity index (χ1v) is 32.7. The molecular weight excluding hydrogens is 1230 g/mol. The van der Waals surface area contributed by atoms with Crippen LogP contribution in [0.15, 0.2) is 53.5 Å².